The second-order valence-electron chi connectivity index (χ2n) is 5.05. The number of aliphatic imine (C=N–C) groups is 1. The molecule has 23 heavy (non-hydrogen) atoms. The van der Waals surface area contributed by atoms with Crippen LogP contribution in [0.4, 0.5) is 0 Å². The summed E-state index contributed by atoms with van der Waals surface area (Å²) < 4.78 is 5.16. The maximum Gasteiger partial charge on any atom is 0.191 e. The normalized spacial score (nSPS) is 11.1. The van der Waals surface area contributed by atoms with E-state index in [2.05, 4.69) is 46.5 Å². The van der Waals surface area contributed by atoms with E-state index in [4.69, 9.17) is 4.74 Å². The summed E-state index contributed by atoms with van der Waals surface area (Å²) in [5.41, 5.74) is 1.28. The summed E-state index contributed by atoms with van der Waals surface area (Å²) in [5.74, 6) is 1.76. The minimum atomic E-state index is 0. The maximum absolute atomic E-state index is 5.16. The van der Waals surface area contributed by atoms with Crippen molar-refractivity contribution in [3.05, 3.63) is 29.8 Å². The number of halogens is 1. The van der Waals surface area contributed by atoms with E-state index in [0.717, 1.165) is 50.9 Å². The molecule has 0 aliphatic rings. The van der Waals surface area contributed by atoms with Crippen molar-refractivity contribution >= 4 is 29.9 Å². The molecule has 0 radical (unpaired) electrons. The Hall–Kier alpha value is -1.02. The molecule has 0 amide bonds. The predicted molar refractivity (Wildman–Crippen MR) is 109 cm³/mol. The zero-order valence-corrected chi connectivity index (χ0v) is 17.1. The number of likely N-dealkylation sites (N-methyl/N-ethyl adjacent to an activating group) is 1. The Bertz CT molecular complexity index is 433. The van der Waals surface area contributed by atoms with Crippen LogP contribution in [-0.2, 0) is 6.42 Å². The molecule has 0 heterocycles. The lowest BCUT2D eigenvalue weighted by Crippen LogP contribution is -2.42. The van der Waals surface area contributed by atoms with Crippen molar-refractivity contribution in [3.63, 3.8) is 0 Å². The molecule has 0 unspecified atom stereocenters. The first-order valence-electron chi connectivity index (χ1n) is 8.03. The van der Waals surface area contributed by atoms with Crippen molar-refractivity contribution in [2.45, 2.75) is 20.3 Å². The Morgan fingerprint density at radius 2 is 1.70 bits per heavy atom. The molecule has 1 aromatic carbocycles. The van der Waals surface area contributed by atoms with Gasteiger partial charge in [-0.25, -0.2) is 0 Å². The second-order valence-corrected chi connectivity index (χ2v) is 5.05. The molecule has 0 spiro atoms. The molecular formula is C17H31IN4O. The van der Waals surface area contributed by atoms with Crippen LogP contribution in [0.15, 0.2) is 29.3 Å². The highest BCUT2D eigenvalue weighted by Gasteiger charge is 2.01. The summed E-state index contributed by atoms with van der Waals surface area (Å²) >= 11 is 0. The minimum absolute atomic E-state index is 0. The number of benzene rings is 1. The number of hydrogen-bond acceptors (Lipinski definition) is 3. The van der Waals surface area contributed by atoms with Crippen LogP contribution in [0.2, 0.25) is 0 Å². The predicted octanol–water partition coefficient (Wildman–Crippen LogP) is 2.36. The zero-order chi connectivity index (χ0) is 16.2. The average Bonchev–Trinajstić information content (AvgIpc) is 2.57. The quantitative estimate of drug-likeness (QED) is 0.356. The molecule has 1 aromatic rings. The lowest BCUT2D eigenvalue weighted by Gasteiger charge is -2.19. The van der Waals surface area contributed by atoms with Gasteiger partial charge in [-0.05, 0) is 37.2 Å². The number of rotatable bonds is 9. The van der Waals surface area contributed by atoms with Gasteiger partial charge in [-0.2, -0.15) is 0 Å². The summed E-state index contributed by atoms with van der Waals surface area (Å²) in [7, 11) is 3.49. The fraction of sp³-hybridized carbons (Fsp3) is 0.588. The Morgan fingerprint density at radius 1 is 1.09 bits per heavy atom. The molecule has 0 aromatic heterocycles. The molecule has 0 fully saturated rings. The number of nitrogens with one attached hydrogen (secondary N) is 2. The van der Waals surface area contributed by atoms with Crippen molar-refractivity contribution in [2.24, 2.45) is 4.99 Å². The Balaban J connectivity index is 0.00000484. The monoisotopic (exact) mass is 434 g/mol. The van der Waals surface area contributed by atoms with Gasteiger partial charge in [0.15, 0.2) is 5.96 Å². The number of methoxy groups -OCH3 is 1. The summed E-state index contributed by atoms with van der Waals surface area (Å²) in [5, 5.41) is 6.70. The van der Waals surface area contributed by atoms with Gasteiger partial charge >= 0.3 is 0 Å². The molecule has 0 saturated heterocycles. The van der Waals surface area contributed by atoms with E-state index in [0.29, 0.717) is 0 Å². The van der Waals surface area contributed by atoms with Crippen LogP contribution in [0.3, 0.4) is 0 Å². The van der Waals surface area contributed by atoms with Crippen molar-refractivity contribution in [1.82, 2.24) is 15.5 Å². The summed E-state index contributed by atoms with van der Waals surface area (Å²) in [6, 6.07) is 8.17. The van der Waals surface area contributed by atoms with Gasteiger partial charge in [-0.1, -0.05) is 26.0 Å². The highest BCUT2D eigenvalue weighted by Crippen LogP contribution is 2.11. The largest absolute Gasteiger partial charge is 0.497 e. The summed E-state index contributed by atoms with van der Waals surface area (Å²) in [4.78, 5) is 6.64. The number of hydrogen-bond donors (Lipinski definition) is 2. The smallest absolute Gasteiger partial charge is 0.191 e. The van der Waals surface area contributed by atoms with Gasteiger partial charge in [-0.15, -0.1) is 24.0 Å². The molecule has 0 aliphatic heterocycles. The van der Waals surface area contributed by atoms with E-state index in [1.807, 2.05) is 12.1 Å². The Morgan fingerprint density at radius 3 is 2.22 bits per heavy atom. The molecule has 0 aliphatic carbocycles. The fourth-order valence-corrected chi connectivity index (χ4v) is 2.21. The molecule has 0 atom stereocenters. The fourth-order valence-electron chi connectivity index (χ4n) is 2.21. The van der Waals surface area contributed by atoms with E-state index in [1.54, 1.807) is 14.2 Å². The second kappa shape index (κ2) is 13.4. The van der Waals surface area contributed by atoms with E-state index in [-0.39, 0.29) is 24.0 Å². The molecule has 6 heteroatoms. The number of ether oxygens (including phenoxy) is 1. The molecule has 5 nitrogen and oxygen atoms in total. The first-order valence-corrected chi connectivity index (χ1v) is 8.03. The van der Waals surface area contributed by atoms with Crippen LogP contribution in [0.25, 0.3) is 0 Å². The van der Waals surface area contributed by atoms with Crippen LogP contribution < -0.4 is 15.4 Å². The molecule has 132 valence electrons. The van der Waals surface area contributed by atoms with Crippen LogP contribution in [0.1, 0.15) is 19.4 Å². The van der Waals surface area contributed by atoms with E-state index in [1.165, 1.54) is 5.56 Å². The van der Waals surface area contributed by atoms with Gasteiger partial charge in [0, 0.05) is 26.7 Å². The highest BCUT2D eigenvalue weighted by molar-refractivity contribution is 14.0. The van der Waals surface area contributed by atoms with Gasteiger partial charge in [-0.3, -0.25) is 4.99 Å². The molecular weight excluding hydrogens is 403 g/mol. The van der Waals surface area contributed by atoms with E-state index in [9.17, 15) is 0 Å². The third-order valence-electron chi connectivity index (χ3n) is 3.70. The van der Waals surface area contributed by atoms with Gasteiger partial charge in [0.2, 0.25) is 0 Å². The van der Waals surface area contributed by atoms with Crippen molar-refractivity contribution in [3.8, 4) is 5.75 Å². The molecule has 1 rings (SSSR count). The Labute approximate surface area is 157 Å². The zero-order valence-electron chi connectivity index (χ0n) is 14.8. The van der Waals surface area contributed by atoms with Crippen LogP contribution >= 0.6 is 24.0 Å². The Kier molecular flexibility index (Phi) is 12.8. The third kappa shape index (κ3) is 9.00. The van der Waals surface area contributed by atoms with Crippen molar-refractivity contribution in [2.75, 3.05) is 46.9 Å². The van der Waals surface area contributed by atoms with Crippen molar-refractivity contribution < 1.29 is 4.74 Å². The number of nitrogens with zero attached hydrogens (tertiary/aromatic N) is 2. The van der Waals surface area contributed by atoms with Gasteiger partial charge in [0.25, 0.3) is 0 Å². The van der Waals surface area contributed by atoms with Gasteiger partial charge in [0.05, 0.1) is 7.11 Å². The van der Waals surface area contributed by atoms with Gasteiger partial charge in [0.1, 0.15) is 5.75 Å². The average molecular weight is 434 g/mol. The highest BCUT2D eigenvalue weighted by atomic mass is 127. The maximum atomic E-state index is 5.16. The third-order valence-corrected chi connectivity index (χ3v) is 3.70. The minimum Gasteiger partial charge on any atom is -0.497 e. The van der Waals surface area contributed by atoms with E-state index < -0.39 is 0 Å². The van der Waals surface area contributed by atoms with Gasteiger partial charge < -0.3 is 20.3 Å². The summed E-state index contributed by atoms with van der Waals surface area (Å²) in [6.07, 6.45) is 0.959. The number of guanidine groups is 1. The standard InChI is InChI=1S/C17H30N4O.HI/c1-5-21(6-2)14-13-20-17(18-3)19-12-11-15-7-9-16(22-4)10-8-15;/h7-10H,5-6,11-14H2,1-4H3,(H2,18,19,20);1H. The molecule has 0 bridgehead atoms. The lowest BCUT2D eigenvalue weighted by atomic mass is 10.1. The van der Waals surface area contributed by atoms with Crippen LogP contribution in [0.5, 0.6) is 5.75 Å². The molecule has 0 saturated carbocycles. The topological polar surface area (TPSA) is 48.9 Å². The van der Waals surface area contributed by atoms with E-state index >= 15 is 0 Å². The van der Waals surface area contributed by atoms with Crippen LogP contribution in [0, 0.1) is 0 Å². The molecule has 2 N–H and O–H groups in total. The lowest BCUT2D eigenvalue weighted by molar-refractivity contribution is 0.308. The first kappa shape index (κ1) is 22.0. The van der Waals surface area contributed by atoms with Crippen molar-refractivity contribution in [1.29, 1.82) is 0 Å². The SMILES string of the molecule is CCN(CC)CCNC(=NC)NCCc1ccc(OC)cc1.I. The van der Waals surface area contributed by atoms with Crippen LogP contribution in [-0.4, -0.2) is 57.7 Å². The first-order chi connectivity index (χ1) is 10.7. The summed E-state index contributed by atoms with van der Waals surface area (Å²) in [6.45, 7) is 9.34.